The third-order valence-electron chi connectivity index (χ3n) is 3.17. The first kappa shape index (κ1) is 13.5. The molecule has 0 N–H and O–H groups in total. The Balaban J connectivity index is 2.39. The minimum atomic E-state index is -3.31. The van der Waals surface area contributed by atoms with Crippen LogP contribution in [0.5, 0.6) is 0 Å². The number of hydrogen-bond acceptors (Lipinski definition) is 3. The Labute approximate surface area is 115 Å². The maximum Gasteiger partial charge on any atom is 0.244 e. The highest BCUT2D eigenvalue weighted by molar-refractivity contribution is 9.11. The van der Waals surface area contributed by atoms with Gasteiger partial charge in [-0.1, -0.05) is 6.42 Å². The van der Waals surface area contributed by atoms with Crippen molar-refractivity contribution in [1.82, 2.24) is 4.31 Å². The van der Waals surface area contributed by atoms with Crippen LogP contribution in [0.4, 0.5) is 0 Å². The number of rotatable bonds is 2. The molecule has 0 spiro atoms. The van der Waals surface area contributed by atoms with Crippen LogP contribution in [0.3, 0.4) is 0 Å². The number of thiophene rings is 1. The van der Waals surface area contributed by atoms with Crippen LogP contribution in [-0.4, -0.2) is 25.3 Å². The molecule has 1 fully saturated rings. The first-order valence-electron chi connectivity index (χ1n) is 5.70. The fourth-order valence-corrected chi connectivity index (χ4v) is 6.33. The Morgan fingerprint density at radius 1 is 1.47 bits per heavy atom. The van der Waals surface area contributed by atoms with Gasteiger partial charge in [0.1, 0.15) is 0 Å². The SMILES string of the molecule is Cc1sc(Br)cc1S(=O)(=O)N1CCCCC1C. The summed E-state index contributed by atoms with van der Waals surface area (Å²) in [6.45, 7) is 4.50. The first-order chi connectivity index (χ1) is 7.93. The predicted octanol–water partition coefficient (Wildman–Crippen LogP) is 3.38. The van der Waals surface area contributed by atoms with Crippen LogP contribution in [0.2, 0.25) is 0 Å². The number of halogens is 1. The van der Waals surface area contributed by atoms with Crippen LogP contribution in [0.25, 0.3) is 0 Å². The normalized spacial score (nSPS) is 22.9. The van der Waals surface area contributed by atoms with E-state index in [1.54, 1.807) is 10.4 Å². The zero-order valence-corrected chi connectivity index (χ0v) is 13.2. The summed E-state index contributed by atoms with van der Waals surface area (Å²) >= 11 is 4.82. The van der Waals surface area contributed by atoms with E-state index < -0.39 is 10.0 Å². The van der Waals surface area contributed by atoms with Gasteiger partial charge in [-0.15, -0.1) is 11.3 Å². The number of hydrogen-bond donors (Lipinski definition) is 0. The molecule has 17 heavy (non-hydrogen) atoms. The maximum atomic E-state index is 12.5. The molecule has 1 atom stereocenters. The van der Waals surface area contributed by atoms with Crippen molar-refractivity contribution in [2.24, 2.45) is 0 Å². The summed E-state index contributed by atoms with van der Waals surface area (Å²) in [6.07, 6.45) is 3.05. The first-order valence-corrected chi connectivity index (χ1v) is 8.75. The fourth-order valence-electron chi connectivity index (χ4n) is 2.24. The molecule has 6 heteroatoms. The Hall–Kier alpha value is 0.0900. The van der Waals surface area contributed by atoms with E-state index in [4.69, 9.17) is 0 Å². The standard InChI is InChI=1S/C11H16BrNO2S2/c1-8-5-3-4-6-13(8)17(14,15)10-7-11(12)16-9(10)2/h7-8H,3-6H2,1-2H3. The van der Waals surface area contributed by atoms with Crippen molar-refractivity contribution in [1.29, 1.82) is 0 Å². The van der Waals surface area contributed by atoms with Crippen LogP contribution in [-0.2, 0) is 10.0 Å². The Morgan fingerprint density at radius 3 is 2.71 bits per heavy atom. The van der Waals surface area contributed by atoms with Gasteiger partial charge in [0.15, 0.2) is 0 Å². The van der Waals surface area contributed by atoms with Gasteiger partial charge in [-0.3, -0.25) is 0 Å². The number of aryl methyl sites for hydroxylation is 1. The average Bonchev–Trinajstić information content (AvgIpc) is 2.59. The van der Waals surface area contributed by atoms with E-state index in [0.29, 0.717) is 11.4 Å². The molecule has 0 aliphatic carbocycles. The van der Waals surface area contributed by atoms with Crippen molar-refractivity contribution in [2.75, 3.05) is 6.54 Å². The predicted molar refractivity (Wildman–Crippen MR) is 74.0 cm³/mol. The van der Waals surface area contributed by atoms with Crippen molar-refractivity contribution in [3.8, 4) is 0 Å². The Kier molecular flexibility index (Phi) is 3.97. The quantitative estimate of drug-likeness (QED) is 0.829. The molecule has 1 unspecified atom stereocenters. The summed E-state index contributed by atoms with van der Waals surface area (Å²) in [4.78, 5) is 1.32. The Morgan fingerprint density at radius 2 is 2.18 bits per heavy atom. The van der Waals surface area contributed by atoms with Gasteiger partial charge in [-0.25, -0.2) is 8.42 Å². The molecule has 1 aromatic rings. The van der Waals surface area contributed by atoms with Gasteiger partial charge in [0, 0.05) is 17.5 Å². The lowest BCUT2D eigenvalue weighted by atomic mass is 10.1. The van der Waals surface area contributed by atoms with Gasteiger partial charge in [0.25, 0.3) is 0 Å². The lowest BCUT2D eigenvalue weighted by molar-refractivity contribution is 0.268. The van der Waals surface area contributed by atoms with Crippen LogP contribution in [0, 0.1) is 6.92 Å². The zero-order chi connectivity index (χ0) is 12.6. The van der Waals surface area contributed by atoms with Gasteiger partial charge >= 0.3 is 0 Å². The minimum Gasteiger partial charge on any atom is -0.207 e. The van der Waals surface area contributed by atoms with E-state index in [2.05, 4.69) is 15.9 Å². The Bertz CT molecular complexity index is 510. The van der Waals surface area contributed by atoms with Crippen molar-refractivity contribution >= 4 is 37.3 Å². The lowest BCUT2D eigenvalue weighted by Crippen LogP contribution is -2.41. The summed E-state index contributed by atoms with van der Waals surface area (Å²) in [5, 5.41) is 0. The highest BCUT2D eigenvalue weighted by Crippen LogP contribution is 2.33. The van der Waals surface area contributed by atoms with E-state index >= 15 is 0 Å². The van der Waals surface area contributed by atoms with E-state index in [0.717, 1.165) is 27.9 Å². The van der Waals surface area contributed by atoms with Crippen molar-refractivity contribution in [2.45, 2.75) is 44.0 Å². The summed E-state index contributed by atoms with van der Waals surface area (Å²) in [7, 11) is -3.31. The largest absolute Gasteiger partial charge is 0.244 e. The van der Waals surface area contributed by atoms with Crippen molar-refractivity contribution < 1.29 is 8.42 Å². The molecule has 1 aliphatic rings. The molecule has 0 aromatic carbocycles. The van der Waals surface area contributed by atoms with Crippen LogP contribution in [0.15, 0.2) is 14.7 Å². The van der Waals surface area contributed by atoms with Gasteiger partial charge in [0.05, 0.1) is 8.68 Å². The summed E-state index contributed by atoms with van der Waals surface area (Å²) in [5.41, 5.74) is 0. The highest BCUT2D eigenvalue weighted by atomic mass is 79.9. The highest BCUT2D eigenvalue weighted by Gasteiger charge is 2.32. The lowest BCUT2D eigenvalue weighted by Gasteiger charge is -2.32. The molecule has 1 aliphatic heterocycles. The average molecular weight is 338 g/mol. The maximum absolute atomic E-state index is 12.5. The van der Waals surface area contributed by atoms with Crippen molar-refractivity contribution in [3.63, 3.8) is 0 Å². The molecular formula is C11H16BrNO2S2. The molecule has 0 amide bonds. The molecule has 2 heterocycles. The second-order valence-corrected chi connectivity index (χ2v) is 8.93. The zero-order valence-electron chi connectivity index (χ0n) is 9.94. The van der Waals surface area contributed by atoms with Crippen LogP contribution in [0.1, 0.15) is 31.1 Å². The molecule has 96 valence electrons. The van der Waals surface area contributed by atoms with E-state index in [1.165, 1.54) is 11.3 Å². The van der Waals surface area contributed by atoms with Gasteiger partial charge < -0.3 is 0 Å². The topological polar surface area (TPSA) is 37.4 Å². The third kappa shape index (κ3) is 2.59. The van der Waals surface area contributed by atoms with Gasteiger partial charge in [-0.2, -0.15) is 4.31 Å². The molecule has 0 radical (unpaired) electrons. The third-order valence-corrected chi connectivity index (χ3v) is 6.99. The summed E-state index contributed by atoms with van der Waals surface area (Å²) in [6, 6.07) is 1.84. The molecule has 0 bridgehead atoms. The van der Waals surface area contributed by atoms with E-state index in [1.807, 2.05) is 13.8 Å². The van der Waals surface area contributed by atoms with E-state index in [-0.39, 0.29) is 6.04 Å². The molecule has 1 aromatic heterocycles. The number of sulfonamides is 1. The van der Waals surface area contributed by atoms with E-state index in [9.17, 15) is 8.42 Å². The molecule has 3 nitrogen and oxygen atoms in total. The number of piperidine rings is 1. The van der Waals surface area contributed by atoms with Crippen molar-refractivity contribution in [3.05, 3.63) is 14.7 Å². The number of nitrogens with zero attached hydrogens (tertiary/aromatic N) is 1. The van der Waals surface area contributed by atoms with Crippen LogP contribution >= 0.6 is 27.3 Å². The molecule has 0 saturated carbocycles. The van der Waals surface area contributed by atoms with Crippen LogP contribution < -0.4 is 0 Å². The minimum absolute atomic E-state index is 0.117. The molecule has 2 rings (SSSR count). The van der Waals surface area contributed by atoms with Gasteiger partial charge in [0.2, 0.25) is 10.0 Å². The molecule has 1 saturated heterocycles. The second kappa shape index (κ2) is 4.99. The summed E-state index contributed by atoms with van der Waals surface area (Å²) < 4.78 is 27.6. The van der Waals surface area contributed by atoms with Gasteiger partial charge in [-0.05, 0) is 48.7 Å². The monoisotopic (exact) mass is 337 g/mol. The molecular weight excluding hydrogens is 322 g/mol. The summed E-state index contributed by atoms with van der Waals surface area (Å²) in [5.74, 6) is 0. The second-order valence-electron chi connectivity index (χ2n) is 4.43. The fraction of sp³-hybridized carbons (Fsp3) is 0.636. The smallest absolute Gasteiger partial charge is 0.207 e.